The topological polar surface area (TPSA) is 66.4 Å². The molecule has 13 heavy (non-hydrogen) atoms. The normalized spacial score (nSPS) is 37.9. The van der Waals surface area contributed by atoms with Crippen molar-refractivity contribution in [1.29, 1.82) is 0 Å². The molecule has 0 spiro atoms. The Morgan fingerprint density at radius 2 is 2.00 bits per heavy atom. The van der Waals surface area contributed by atoms with E-state index < -0.39 is 15.9 Å². The highest BCUT2D eigenvalue weighted by molar-refractivity contribution is 7.91. The first-order chi connectivity index (χ1) is 6.07. The van der Waals surface area contributed by atoms with Crippen LogP contribution in [0, 0.1) is 5.92 Å². The van der Waals surface area contributed by atoms with Crippen LogP contribution in [0.15, 0.2) is 0 Å². The molecule has 2 aliphatic rings. The third-order valence-electron chi connectivity index (χ3n) is 2.69. The lowest BCUT2D eigenvalue weighted by molar-refractivity contribution is 0.165. The molecule has 2 unspecified atom stereocenters. The van der Waals surface area contributed by atoms with Crippen molar-refractivity contribution < 1.29 is 13.5 Å². The summed E-state index contributed by atoms with van der Waals surface area (Å²) in [4.78, 5) is 0. The number of nitrogens with one attached hydrogen (secondary N) is 1. The zero-order valence-corrected chi connectivity index (χ0v) is 8.26. The Morgan fingerprint density at radius 1 is 1.31 bits per heavy atom. The van der Waals surface area contributed by atoms with Crippen molar-refractivity contribution in [3.8, 4) is 0 Å². The molecule has 2 rings (SSSR count). The van der Waals surface area contributed by atoms with E-state index >= 15 is 0 Å². The number of hydrogen-bond acceptors (Lipinski definition) is 4. The smallest absolute Gasteiger partial charge is 0.154 e. The Balaban J connectivity index is 1.85. The van der Waals surface area contributed by atoms with Crippen molar-refractivity contribution in [2.24, 2.45) is 5.92 Å². The van der Waals surface area contributed by atoms with Gasteiger partial charge < -0.3 is 10.4 Å². The molecule has 1 aliphatic heterocycles. The zero-order valence-electron chi connectivity index (χ0n) is 7.44. The van der Waals surface area contributed by atoms with Gasteiger partial charge in [-0.2, -0.15) is 0 Å². The quantitative estimate of drug-likeness (QED) is 0.629. The third kappa shape index (κ3) is 2.42. The highest BCUT2D eigenvalue weighted by Gasteiger charge is 2.36. The van der Waals surface area contributed by atoms with Crippen molar-refractivity contribution in [2.75, 3.05) is 18.1 Å². The van der Waals surface area contributed by atoms with Crippen LogP contribution in [0.5, 0.6) is 0 Å². The fraction of sp³-hybridized carbons (Fsp3) is 1.00. The molecule has 0 amide bonds. The number of rotatable bonds is 3. The summed E-state index contributed by atoms with van der Waals surface area (Å²) in [5.41, 5.74) is 0. The summed E-state index contributed by atoms with van der Waals surface area (Å²) in [5.74, 6) is 0.742. The molecule has 1 aliphatic carbocycles. The maximum absolute atomic E-state index is 11.1. The molecular weight excluding hydrogens is 190 g/mol. The second-order valence-electron chi connectivity index (χ2n) is 4.10. The molecule has 0 aromatic heterocycles. The maximum Gasteiger partial charge on any atom is 0.154 e. The standard InChI is InChI=1S/C8H15NO3S/c10-8-5-13(11,12)4-7(8)9-3-6-1-2-6/h6-10H,1-5H2. The maximum atomic E-state index is 11.1. The fourth-order valence-corrected chi connectivity index (χ4v) is 3.44. The van der Waals surface area contributed by atoms with E-state index in [0.717, 1.165) is 12.5 Å². The summed E-state index contributed by atoms with van der Waals surface area (Å²) < 4.78 is 22.2. The van der Waals surface area contributed by atoms with Crippen molar-refractivity contribution in [3.05, 3.63) is 0 Å². The van der Waals surface area contributed by atoms with Crippen molar-refractivity contribution >= 4 is 9.84 Å². The van der Waals surface area contributed by atoms with E-state index in [2.05, 4.69) is 5.32 Å². The third-order valence-corrected chi connectivity index (χ3v) is 4.40. The van der Waals surface area contributed by atoms with Crippen LogP contribution in [-0.2, 0) is 9.84 Å². The predicted molar refractivity (Wildman–Crippen MR) is 49.2 cm³/mol. The van der Waals surface area contributed by atoms with Gasteiger partial charge in [-0.15, -0.1) is 0 Å². The van der Waals surface area contributed by atoms with E-state index in [1.54, 1.807) is 0 Å². The molecule has 2 fully saturated rings. The molecule has 0 radical (unpaired) electrons. The molecule has 1 saturated carbocycles. The van der Waals surface area contributed by atoms with Gasteiger partial charge >= 0.3 is 0 Å². The summed E-state index contributed by atoms with van der Waals surface area (Å²) >= 11 is 0. The average Bonchev–Trinajstić information content (AvgIpc) is 2.75. The van der Waals surface area contributed by atoms with Crippen molar-refractivity contribution in [2.45, 2.75) is 25.0 Å². The van der Waals surface area contributed by atoms with Gasteiger partial charge in [-0.3, -0.25) is 0 Å². The first kappa shape index (κ1) is 9.43. The van der Waals surface area contributed by atoms with Gasteiger partial charge in [0.15, 0.2) is 9.84 Å². The summed E-state index contributed by atoms with van der Waals surface area (Å²) in [5, 5.41) is 12.5. The van der Waals surface area contributed by atoms with Crippen LogP contribution in [0.25, 0.3) is 0 Å². The first-order valence-corrected chi connectivity index (χ1v) is 6.51. The Hall–Kier alpha value is -0.130. The molecule has 4 nitrogen and oxygen atoms in total. The minimum absolute atomic E-state index is 0.0741. The second kappa shape index (κ2) is 3.22. The van der Waals surface area contributed by atoms with E-state index in [-0.39, 0.29) is 17.5 Å². The van der Waals surface area contributed by atoms with Gasteiger partial charge in [0, 0.05) is 6.04 Å². The van der Waals surface area contributed by atoms with Crippen LogP contribution < -0.4 is 5.32 Å². The molecule has 2 atom stereocenters. The van der Waals surface area contributed by atoms with E-state index in [1.165, 1.54) is 12.8 Å². The SMILES string of the molecule is O=S1(=O)CC(O)C(NCC2CC2)C1. The Kier molecular flexibility index (Phi) is 2.33. The van der Waals surface area contributed by atoms with Gasteiger partial charge in [-0.05, 0) is 25.3 Å². The minimum atomic E-state index is -2.98. The van der Waals surface area contributed by atoms with Crippen LogP contribution >= 0.6 is 0 Å². The molecule has 5 heteroatoms. The highest BCUT2D eigenvalue weighted by atomic mass is 32.2. The van der Waals surface area contributed by atoms with Gasteiger partial charge in [-0.1, -0.05) is 0 Å². The van der Waals surface area contributed by atoms with Crippen LogP contribution in [0.1, 0.15) is 12.8 Å². The summed E-state index contributed by atoms with van der Waals surface area (Å²) in [6.45, 7) is 0.858. The molecule has 1 heterocycles. The summed E-state index contributed by atoms with van der Waals surface area (Å²) in [7, 11) is -2.98. The number of aliphatic hydroxyl groups is 1. The van der Waals surface area contributed by atoms with Crippen LogP contribution in [0.2, 0.25) is 0 Å². The lowest BCUT2D eigenvalue weighted by atomic mass is 10.2. The molecule has 76 valence electrons. The van der Waals surface area contributed by atoms with Gasteiger partial charge in [0.2, 0.25) is 0 Å². The summed E-state index contributed by atoms with van der Waals surface area (Å²) in [6, 6.07) is -0.231. The van der Waals surface area contributed by atoms with Crippen molar-refractivity contribution in [1.82, 2.24) is 5.32 Å². The lowest BCUT2D eigenvalue weighted by Crippen LogP contribution is -2.39. The van der Waals surface area contributed by atoms with Crippen LogP contribution in [0.3, 0.4) is 0 Å². The molecule has 1 saturated heterocycles. The lowest BCUT2D eigenvalue weighted by Gasteiger charge is -2.13. The second-order valence-corrected chi connectivity index (χ2v) is 6.26. The Bertz CT molecular complexity index is 284. The first-order valence-electron chi connectivity index (χ1n) is 4.69. The van der Waals surface area contributed by atoms with Crippen LogP contribution in [-0.4, -0.2) is 43.7 Å². The van der Waals surface area contributed by atoms with E-state index in [4.69, 9.17) is 0 Å². The number of sulfone groups is 1. The molecule has 0 aromatic carbocycles. The van der Waals surface area contributed by atoms with Gasteiger partial charge in [0.05, 0.1) is 17.6 Å². The Morgan fingerprint density at radius 3 is 2.46 bits per heavy atom. The Labute approximate surface area is 78.3 Å². The highest BCUT2D eigenvalue weighted by Crippen LogP contribution is 2.28. The minimum Gasteiger partial charge on any atom is -0.390 e. The monoisotopic (exact) mass is 205 g/mol. The fourth-order valence-electron chi connectivity index (χ4n) is 1.66. The molecule has 0 bridgehead atoms. The van der Waals surface area contributed by atoms with Gasteiger partial charge in [0.25, 0.3) is 0 Å². The predicted octanol–water partition coefficient (Wildman–Crippen LogP) is -0.856. The largest absolute Gasteiger partial charge is 0.390 e. The van der Waals surface area contributed by atoms with Crippen LogP contribution in [0.4, 0.5) is 0 Å². The van der Waals surface area contributed by atoms with E-state index in [9.17, 15) is 13.5 Å². The van der Waals surface area contributed by atoms with E-state index in [0.29, 0.717) is 0 Å². The van der Waals surface area contributed by atoms with Gasteiger partial charge in [0.1, 0.15) is 0 Å². The summed E-state index contributed by atoms with van der Waals surface area (Å²) in [6.07, 6.45) is 1.77. The molecule has 2 N–H and O–H groups in total. The number of aliphatic hydroxyl groups excluding tert-OH is 1. The van der Waals surface area contributed by atoms with Crippen molar-refractivity contribution in [3.63, 3.8) is 0 Å². The van der Waals surface area contributed by atoms with Gasteiger partial charge in [-0.25, -0.2) is 8.42 Å². The molecule has 0 aromatic rings. The number of hydrogen-bond donors (Lipinski definition) is 2. The van der Waals surface area contributed by atoms with E-state index in [1.807, 2.05) is 0 Å². The zero-order chi connectivity index (χ0) is 9.47. The molecular formula is C8H15NO3S. The average molecular weight is 205 g/mol.